The Morgan fingerprint density at radius 3 is 3.00 bits per heavy atom. The molecular formula is C11H21NO3. The van der Waals surface area contributed by atoms with E-state index in [4.69, 9.17) is 19.9 Å². The Labute approximate surface area is 91.4 Å². The number of hydrogen-bond donors (Lipinski definition) is 1. The molecule has 0 amide bonds. The quantitative estimate of drug-likeness (QED) is 0.428. The van der Waals surface area contributed by atoms with E-state index in [9.17, 15) is 0 Å². The Balaban J connectivity index is 2.41. The van der Waals surface area contributed by atoms with Gasteiger partial charge in [0.1, 0.15) is 12.9 Å². The molecular weight excluding hydrogens is 194 g/mol. The number of hydrogen-bond acceptors (Lipinski definition) is 4. The number of methoxy groups -OCH3 is 1. The van der Waals surface area contributed by atoms with Gasteiger partial charge in [0.2, 0.25) is 0 Å². The average molecular weight is 215 g/mol. The van der Waals surface area contributed by atoms with E-state index in [1.165, 1.54) is 12.8 Å². The zero-order valence-corrected chi connectivity index (χ0v) is 9.35. The Morgan fingerprint density at radius 2 is 2.27 bits per heavy atom. The van der Waals surface area contributed by atoms with Crippen LogP contribution in [0.25, 0.3) is 0 Å². The van der Waals surface area contributed by atoms with Crippen molar-refractivity contribution in [2.24, 2.45) is 5.73 Å². The minimum atomic E-state index is -0.0122. The van der Waals surface area contributed by atoms with Crippen LogP contribution in [0.1, 0.15) is 25.7 Å². The second-order valence-corrected chi connectivity index (χ2v) is 3.61. The van der Waals surface area contributed by atoms with Crippen LogP contribution >= 0.6 is 0 Å². The molecule has 0 radical (unpaired) electrons. The van der Waals surface area contributed by atoms with Gasteiger partial charge in [-0.3, -0.25) is 0 Å². The average Bonchev–Trinajstić information content (AvgIpc) is 2.22. The number of allylic oxidation sites excluding steroid dienone is 1. The molecule has 0 aliphatic heterocycles. The van der Waals surface area contributed by atoms with Gasteiger partial charge in [-0.05, 0) is 19.3 Å². The smallest absolute Gasteiger partial charge is 0.149 e. The van der Waals surface area contributed by atoms with Crippen molar-refractivity contribution >= 4 is 0 Å². The summed E-state index contributed by atoms with van der Waals surface area (Å²) in [4.78, 5) is 0. The standard InChI is InChI=1S/C11H21NO3/c1-13-10-6-4-2-3-5-7-11(10)15-9-14-8-12/h5,7,10-11H,2-4,6,8-9,12H2,1H3/b7-5+. The van der Waals surface area contributed by atoms with Crippen LogP contribution in [0.5, 0.6) is 0 Å². The summed E-state index contributed by atoms with van der Waals surface area (Å²) >= 11 is 0. The molecule has 0 aromatic heterocycles. The van der Waals surface area contributed by atoms with Crippen LogP contribution in [0, 0.1) is 0 Å². The molecule has 0 bridgehead atoms. The highest BCUT2D eigenvalue weighted by atomic mass is 16.7. The van der Waals surface area contributed by atoms with Gasteiger partial charge >= 0.3 is 0 Å². The van der Waals surface area contributed by atoms with Crippen LogP contribution in [0.3, 0.4) is 0 Å². The van der Waals surface area contributed by atoms with E-state index in [2.05, 4.69) is 12.2 Å². The minimum Gasteiger partial charge on any atom is -0.378 e. The molecule has 0 heterocycles. The lowest BCUT2D eigenvalue weighted by Crippen LogP contribution is -2.31. The molecule has 1 aliphatic rings. The maximum atomic E-state index is 5.55. The fourth-order valence-electron chi connectivity index (χ4n) is 1.72. The molecule has 4 heteroatoms. The van der Waals surface area contributed by atoms with Gasteiger partial charge in [0, 0.05) is 7.11 Å². The fourth-order valence-corrected chi connectivity index (χ4v) is 1.72. The first-order valence-corrected chi connectivity index (χ1v) is 5.47. The lowest BCUT2D eigenvalue weighted by atomic mass is 10.0. The molecule has 2 atom stereocenters. The molecule has 1 aliphatic carbocycles. The van der Waals surface area contributed by atoms with Crippen LogP contribution in [-0.4, -0.2) is 32.8 Å². The normalized spacial score (nSPS) is 29.5. The number of ether oxygens (including phenoxy) is 3. The molecule has 0 saturated heterocycles. The van der Waals surface area contributed by atoms with E-state index in [1.54, 1.807) is 7.11 Å². The summed E-state index contributed by atoms with van der Waals surface area (Å²) in [5.41, 5.74) is 5.22. The van der Waals surface area contributed by atoms with E-state index < -0.39 is 0 Å². The van der Waals surface area contributed by atoms with Crippen molar-refractivity contribution in [1.29, 1.82) is 0 Å². The van der Waals surface area contributed by atoms with Crippen LogP contribution < -0.4 is 5.73 Å². The molecule has 1 rings (SSSR count). The molecule has 88 valence electrons. The monoisotopic (exact) mass is 215 g/mol. The number of nitrogens with two attached hydrogens (primary N) is 1. The summed E-state index contributed by atoms with van der Waals surface area (Å²) in [5, 5.41) is 0. The summed E-state index contributed by atoms with van der Waals surface area (Å²) in [6.45, 7) is 0.416. The highest BCUT2D eigenvalue weighted by molar-refractivity contribution is 4.95. The Morgan fingerprint density at radius 1 is 1.40 bits per heavy atom. The Kier molecular flexibility index (Phi) is 6.59. The third kappa shape index (κ3) is 4.75. The molecule has 2 unspecified atom stereocenters. The van der Waals surface area contributed by atoms with Crippen LogP contribution in [-0.2, 0) is 14.2 Å². The van der Waals surface area contributed by atoms with Crippen molar-refractivity contribution in [3.63, 3.8) is 0 Å². The number of rotatable bonds is 5. The van der Waals surface area contributed by atoms with Crippen LogP contribution in [0.4, 0.5) is 0 Å². The topological polar surface area (TPSA) is 53.7 Å². The molecule has 0 aromatic carbocycles. The molecule has 0 fully saturated rings. The molecule has 15 heavy (non-hydrogen) atoms. The van der Waals surface area contributed by atoms with E-state index in [0.717, 1.165) is 12.8 Å². The van der Waals surface area contributed by atoms with E-state index in [1.807, 2.05) is 0 Å². The molecule has 0 aromatic rings. The molecule has 2 N–H and O–H groups in total. The maximum Gasteiger partial charge on any atom is 0.149 e. The predicted octanol–water partition coefficient (Wildman–Crippen LogP) is 1.41. The lowest BCUT2D eigenvalue weighted by molar-refractivity contribution is -0.115. The van der Waals surface area contributed by atoms with Crippen molar-refractivity contribution in [3.8, 4) is 0 Å². The zero-order valence-electron chi connectivity index (χ0n) is 9.35. The first kappa shape index (κ1) is 12.6. The summed E-state index contributed by atoms with van der Waals surface area (Å²) in [7, 11) is 1.72. The lowest BCUT2D eigenvalue weighted by Gasteiger charge is -2.25. The SMILES string of the molecule is COC1CCCC/C=C/C1OCOCN. The minimum absolute atomic E-state index is 0.0122. The zero-order chi connectivity index (χ0) is 10.9. The van der Waals surface area contributed by atoms with Crippen LogP contribution in [0.15, 0.2) is 12.2 Å². The van der Waals surface area contributed by atoms with E-state index >= 15 is 0 Å². The van der Waals surface area contributed by atoms with E-state index in [0.29, 0.717) is 0 Å². The van der Waals surface area contributed by atoms with Crippen molar-refractivity contribution in [3.05, 3.63) is 12.2 Å². The second kappa shape index (κ2) is 7.82. The first-order chi connectivity index (χ1) is 7.38. The third-order valence-corrected chi connectivity index (χ3v) is 2.57. The van der Waals surface area contributed by atoms with Crippen molar-refractivity contribution in [2.45, 2.75) is 37.9 Å². The maximum absolute atomic E-state index is 5.55. The molecule has 0 spiro atoms. The van der Waals surface area contributed by atoms with E-state index in [-0.39, 0.29) is 25.7 Å². The van der Waals surface area contributed by atoms with Gasteiger partial charge in [0.15, 0.2) is 0 Å². The first-order valence-electron chi connectivity index (χ1n) is 5.47. The van der Waals surface area contributed by atoms with Crippen LogP contribution in [0.2, 0.25) is 0 Å². The predicted molar refractivity (Wildman–Crippen MR) is 58.3 cm³/mol. The summed E-state index contributed by atoms with van der Waals surface area (Å²) in [5.74, 6) is 0. The second-order valence-electron chi connectivity index (χ2n) is 3.61. The molecule has 4 nitrogen and oxygen atoms in total. The summed E-state index contributed by atoms with van der Waals surface area (Å²) < 4.78 is 15.9. The van der Waals surface area contributed by atoms with Gasteiger partial charge in [0.25, 0.3) is 0 Å². The Hall–Kier alpha value is -0.420. The summed E-state index contributed by atoms with van der Waals surface area (Å²) in [6.07, 6.45) is 8.89. The van der Waals surface area contributed by atoms with Crippen molar-refractivity contribution < 1.29 is 14.2 Å². The third-order valence-electron chi connectivity index (χ3n) is 2.57. The van der Waals surface area contributed by atoms with Gasteiger partial charge in [0.05, 0.1) is 12.8 Å². The van der Waals surface area contributed by atoms with Gasteiger partial charge in [-0.25, -0.2) is 0 Å². The Bertz CT molecular complexity index is 185. The summed E-state index contributed by atoms with van der Waals surface area (Å²) in [6, 6.07) is 0. The highest BCUT2D eigenvalue weighted by Gasteiger charge is 2.20. The van der Waals surface area contributed by atoms with Gasteiger partial charge in [-0.1, -0.05) is 18.6 Å². The van der Waals surface area contributed by atoms with Crippen molar-refractivity contribution in [1.82, 2.24) is 0 Å². The van der Waals surface area contributed by atoms with Gasteiger partial charge in [-0.15, -0.1) is 0 Å². The van der Waals surface area contributed by atoms with Gasteiger partial charge in [-0.2, -0.15) is 0 Å². The molecule has 0 saturated carbocycles. The van der Waals surface area contributed by atoms with Crippen molar-refractivity contribution in [2.75, 3.05) is 20.6 Å². The van der Waals surface area contributed by atoms with Gasteiger partial charge < -0.3 is 19.9 Å². The fraction of sp³-hybridized carbons (Fsp3) is 0.818. The largest absolute Gasteiger partial charge is 0.378 e. The highest BCUT2D eigenvalue weighted by Crippen LogP contribution is 2.17.